The summed E-state index contributed by atoms with van der Waals surface area (Å²) in [5.74, 6) is 0.000484. The highest BCUT2D eigenvalue weighted by Gasteiger charge is 2.10. The van der Waals surface area contributed by atoms with Crippen molar-refractivity contribution in [3.63, 3.8) is 0 Å². The molecular formula is C10H10N2O3S2. The predicted molar refractivity (Wildman–Crippen MR) is 65.3 cm³/mol. The van der Waals surface area contributed by atoms with Gasteiger partial charge in [0, 0.05) is 5.56 Å². The van der Waals surface area contributed by atoms with E-state index in [1.165, 1.54) is 23.5 Å². The Morgan fingerprint density at radius 3 is 2.29 bits per heavy atom. The number of thiazole rings is 1. The average molecular weight is 270 g/mol. The van der Waals surface area contributed by atoms with Crippen LogP contribution in [0.2, 0.25) is 0 Å². The average Bonchev–Trinajstić information content (AvgIpc) is 2.58. The zero-order valence-corrected chi connectivity index (χ0v) is 10.5. The number of aromatic nitrogens is 1. The maximum atomic E-state index is 11.1. The molecule has 0 saturated carbocycles. The van der Waals surface area contributed by atoms with E-state index in [0.29, 0.717) is 5.01 Å². The van der Waals surface area contributed by atoms with E-state index in [1.807, 2.05) is 0 Å². The van der Waals surface area contributed by atoms with Gasteiger partial charge < -0.3 is 5.11 Å². The van der Waals surface area contributed by atoms with Crippen LogP contribution >= 0.6 is 11.3 Å². The molecule has 17 heavy (non-hydrogen) atoms. The van der Waals surface area contributed by atoms with E-state index in [-0.39, 0.29) is 10.8 Å². The third-order valence-electron chi connectivity index (χ3n) is 2.20. The van der Waals surface area contributed by atoms with Crippen LogP contribution in [0.25, 0.3) is 10.6 Å². The van der Waals surface area contributed by atoms with E-state index in [1.54, 1.807) is 19.1 Å². The monoisotopic (exact) mass is 270 g/mol. The van der Waals surface area contributed by atoms with Gasteiger partial charge in [0.25, 0.3) is 0 Å². The number of aryl methyl sites for hydroxylation is 1. The number of hydrogen-bond acceptors (Lipinski definition) is 5. The van der Waals surface area contributed by atoms with Crippen molar-refractivity contribution in [1.29, 1.82) is 0 Å². The zero-order valence-electron chi connectivity index (χ0n) is 8.91. The van der Waals surface area contributed by atoms with Crippen molar-refractivity contribution in [2.24, 2.45) is 5.14 Å². The molecule has 5 nitrogen and oxygen atoms in total. The van der Waals surface area contributed by atoms with Gasteiger partial charge in [0.05, 0.1) is 9.77 Å². The second kappa shape index (κ2) is 4.10. The maximum absolute atomic E-state index is 11.1. The first-order valence-corrected chi connectivity index (χ1v) is 7.04. The van der Waals surface area contributed by atoms with Crippen molar-refractivity contribution in [1.82, 2.24) is 4.98 Å². The highest BCUT2D eigenvalue weighted by atomic mass is 32.2. The Balaban J connectivity index is 2.42. The number of benzene rings is 1. The van der Waals surface area contributed by atoms with Gasteiger partial charge in [0.15, 0.2) is 0 Å². The SMILES string of the molecule is Cc1sc(-c2ccc(S(N)(=O)=O)cc2)nc1O. The molecule has 0 saturated heterocycles. The molecule has 0 amide bonds. The summed E-state index contributed by atoms with van der Waals surface area (Å²) in [4.78, 5) is 4.74. The first kappa shape index (κ1) is 12.0. The van der Waals surface area contributed by atoms with Gasteiger partial charge in [0.2, 0.25) is 15.9 Å². The van der Waals surface area contributed by atoms with E-state index >= 15 is 0 Å². The van der Waals surface area contributed by atoms with Crippen molar-refractivity contribution in [2.45, 2.75) is 11.8 Å². The van der Waals surface area contributed by atoms with E-state index in [9.17, 15) is 13.5 Å². The molecular weight excluding hydrogens is 260 g/mol. The van der Waals surface area contributed by atoms with Crippen LogP contribution in [0.5, 0.6) is 5.88 Å². The maximum Gasteiger partial charge on any atom is 0.238 e. The van der Waals surface area contributed by atoms with Gasteiger partial charge >= 0.3 is 0 Å². The number of aromatic hydroxyl groups is 1. The molecule has 2 aromatic rings. The third kappa shape index (κ3) is 2.46. The van der Waals surface area contributed by atoms with Crippen LogP contribution in [0.3, 0.4) is 0 Å². The summed E-state index contributed by atoms with van der Waals surface area (Å²) in [5.41, 5.74) is 0.741. The van der Waals surface area contributed by atoms with Crippen LogP contribution in [-0.2, 0) is 10.0 Å². The Kier molecular flexibility index (Phi) is 2.90. The predicted octanol–water partition coefficient (Wildman–Crippen LogP) is 1.47. The summed E-state index contributed by atoms with van der Waals surface area (Å²) in [6.45, 7) is 1.76. The van der Waals surface area contributed by atoms with Crippen LogP contribution in [0.1, 0.15) is 4.88 Å². The lowest BCUT2D eigenvalue weighted by Crippen LogP contribution is -2.11. The Morgan fingerprint density at radius 2 is 1.88 bits per heavy atom. The fourth-order valence-corrected chi connectivity index (χ4v) is 2.63. The van der Waals surface area contributed by atoms with Gasteiger partial charge in [-0.25, -0.2) is 18.5 Å². The van der Waals surface area contributed by atoms with Gasteiger partial charge in [-0.2, -0.15) is 0 Å². The Morgan fingerprint density at radius 1 is 1.29 bits per heavy atom. The number of sulfonamides is 1. The van der Waals surface area contributed by atoms with Crippen LogP contribution < -0.4 is 5.14 Å². The normalized spacial score (nSPS) is 11.6. The standard InChI is InChI=1S/C10H10N2O3S2/c1-6-9(13)12-10(16-6)7-2-4-8(5-3-7)17(11,14)15/h2-5,13H,1H3,(H2,11,14,15). The van der Waals surface area contributed by atoms with Crippen LogP contribution in [-0.4, -0.2) is 18.5 Å². The molecule has 0 aliphatic heterocycles. The van der Waals surface area contributed by atoms with E-state index in [4.69, 9.17) is 5.14 Å². The summed E-state index contributed by atoms with van der Waals surface area (Å²) >= 11 is 1.34. The Hall–Kier alpha value is -1.44. The summed E-state index contributed by atoms with van der Waals surface area (Å²) in [6.07, 6.45) is 0. The molecule has 1 aromatic carbocycles. The lowest BCUT2D eigenvalue weighted by atomic mass is 10.2. The molecule has 7 heteroatoms. The lowest BCUT2D eigenvalue weighted by molar-refractivity contribution is 0.454. The van der Waals surface area contributed by atoms with Gasteiger partial charge in [0.1, 0.15) is 5.01 Å². The molecule has 0 aliphatic carbocycles. The van der Waals surface area contributed by atoms with Crippen LogP contribution in [0.4, 0.5) is 0 Å². The number of rotatable bonds is 2. The fourth-order valence-electron chi connectivity index (χ4n) is 1.30. The van der Waals surface area contributed by atoms with Crippen molar-refractivity contribution in [3.8, 4) is 16.5 Å². The molecule has 0 fully saturated rings. The molecule has 0 spiro atoms. The van der Waals surface area contributed by atoms with E-state index < -0.39 is 10.0 Å². The minimum atomic E-state index is -3.67. The van der Waals surface area contributed by atoms with Crippen molar-refractivity contribution >= 4 is 21.4 Å². The van der Waals surface area contributed by atoms with Gasteiger partial charge in [-0.3, -0.25) is 0 Å². The first-order valence-electron chi connectivity index (χ1n) is 4.67. The number of hydrogen-bond donors (Lipinski definition) is 2. The van der Waals surface area contributed by atoms with Crippen LogP contribution in [0, 0.1) is 6.92 Å². The van der Waals surface area contributed by atoms with Gasteiger partial charge in [-0.15, -0.1) is 11.3 Å². The number of nitrogens with two attached hydrogens (primary N) is 1. The molecule has 3 N–H and O–H groups in total. The molecule has 1 heterocycles. The molecule has 0 bridgehead atoms. The molecule has 1 aromatic heterocycles. The minimum Gasteiger partial charge on any atom is -0.492 e. The topological polar surface area (TPSA) is 93.3 Å². The van der Waals surface area contributed by atoms with Gasteiger partial charge in [-0.1, -0.05) is 12.1 Å². The summed E-state index contributed by atoms with van der Waals surface area (Å²) in [6, 6.07) is 6.05. The Labute approximate surface area is 103 Å². The van der Waals surface area contributed by atoms with Gasteiger partial charge in [-0.05, 0) is 19.1 Å². The number of nitrogens with zero attached hydrogens (tertiary/aromatic N) is 1. The summed E-state index contributed by atoms with van der Waals surface area (Å²) < 4.78 is 22.1. The summed E-state index contributed by atoms with van der Waals surface area (Å²) in [5, 5.41) is 15.0. The highest BCUT2D eigenvalue weighted by Crippen LogP contribution is 2.31. The summed E-state index contributed by atoms with van der Waals surface area (Å²) in [7, 11) is -3.67. The quantitative estimate of drug-likeness (QED) is 0.864. The zero-order chi connectivity index (χ0) is 12.6. The van der Waals surface area contributed by atoms with Crippen molar-refractivity contribution in [2.75, 3.05) is 0 Å². The van der Waals surface area contributed by atoms with Crippen molar-refractivity contribution in [3.05, 3.63) is 29.1 Å². The molecule has 0 atom stereocenters. The largest absolute Gasteiger partial charge is 0.492 e. The second-order valence-electron chi connectivity index (χ2n) is 3.47. The minimum absolute atomic E-state index is 0.000484. The molecule has 2 rings (SSSR count). The second-order valence-corrected chi connectivity index (χ2v) is 6.23. The molecule has 0 aliphatic rings. The van der Waals surface area contributed by atoms with E-state index in [0.717, 1.165) is 10.4 Å². The fraction of sp³-hybridized carbons (Fsp3) is 0.100. The Bertz CT molecular complexity index is 625. The van der Waals surface area contributed by atoms with Crippen LogP contribution in [0.15, 0.2) is 29.2 Å². The highest BCUT2D eigenvalue weighted by molar-refractivity contribution is 7.89. The molecule has 90 valence electrons. The first-order chi connectivity index (χ1) is 7.88. The lowest BCUT2D eigenvalue weighted by Gasteiger charge is -1.99. The van der Waals surface area contributed by atoms with E-state index in [2.05, 4.69) is 4.98 Å². The smallest absolute Gasteiger partial charge is 0.238 e. The van der Waals surface area contributed by atoms with Crippen molar-refractivity contribution < 1.29 is 13.5 Å². The number of primary sulfonamides is 1. The third-order valence-corrected chi connectivity index (χ3v) is 4.14. The molecule has 0 radical (unpaired) electrons. The molecule has 0 unspecified atom stereocenters.